The van der Waals surface area contributed by atoms with E-state index in [2.05, 4.69) is 15.1 Å². The third-order valence-corrected chi connectivity index (χ3v) is 6.83. The lowest BCUT2D eigenvalue weighted by Crippen LogP contribution is -2.15. The van der Waals surface area contributed by atoms with Gasteiger partial charge in [-0.25, -0.2) is 17.2 Å². The highest BCUT2D eigenvalue weighted by atomic mass is 127. The Labute approximate surface area is 218 Å². The molecular weight excluding hydrogens is 607 g/mol. The average molecular weight is 625 g/mol. The molecule has 1 aromatic heterocycles. The minimum Gasteiger partial charge on any atom is -0.456 e. The Balaban J connectivity index is 1.66. The van der Waals surface area contributed by atoms with Gasteiger partial charge in [-0.1, -0.05) is 6.07 Å². The number of hydrogen-bond acceptors (Lipinski definition) is 6. The normalized spacial score (nSPS) is 11.2. The van der Waals surface area contributed by atoms with Crippen LogP contribution in [0.1, 0.15) is 10.4 Å². The van der Waals surface area contributed by atoms with Crippen molar-refractivity contribution in [3.63, 3.8) is 0 Å². The molecule has 0 atom stereocenters. The molecule has 0 bridgehead atoms. The molecule has 0 aliphatic rings. The zero-order valence-electron chi connectivity index (χ0n) is 18.5. The fourth-order valence-corrected chi connectivity index (χ4v) is 4.74. The SMILES string of the molecule is Cn1cc(S(=O)(=O)Nc2cccc(Oc3cc(F)cc(Nc4ccc(I)cc4F)c3C(N)=O)c2)cn1. The summed E-state index contributed by atoms with van der Waals surface area (Å²) >= 11 is 1.94. The summed E-state index contributed by atoms with van der Waals surface area (Å²) in [5.41, 5.74) is 5.35. The summed E-state index contributed by atoms with van der Waals surface area (Å²) in [6.07, 6.45) is 2.53. The standard InChI is InChI=1S/C23H18F2IN5O4S/c1-31-12-17(11-28-31)36(33,34)30-15-3-2-4-16(10-15)35-21-8-13(24)7-20(22(21)23(27)32)29-19-6-5-14(26)9-18(19)25/h2-12,29-30H,1H3,(H2,27,32). The van der Waals surface area contributed by atoms with Crippen LogP contribution in [0.3, 0.4) is 0 Å². The van der Waals surface area contributed by atoms with Gasteiger partial charge in [-0.2, -0.15) is 5.10 Å². The van der Waals surface area contributed by atoms with Gasteiger partial charge in [0.15, 0.2) is 0 Å². The summed E-state index contributed by atoms with van der Waals surface area (Å²) in [7, 11) is -2.35. The van der Waals surface area contributed by atoms with Crippen molar-refractivity contribution in [1.29, 1.82) is 0 Å². The van der Waals surface area contributed by atoms with E-state index >= 15 is 0 Å². The first kappa shape index (κ1) is 25.4. The largest absolute Gasteiger partial charge is 0.456 e. The maximum absolute atomic E-state index is 14.5. The Kier molecular flexibility index (Phi) is 7.12. The van der Waals surface area contributed by atoms with Gasteiger partial charge in [0.2, 0.25) is 0 Å². The van der Waals surface area contributed by atoms with E-state index in [0.29, 0.717) is 3.57 Å². The number of primary amides is 1. The second kappa shape index (κ2) is 10.1. The van der Waals surface area contributed by atoms with E-state index in [1.165, 1.54) is 53.5 Å². The van der Waals surface area contributed by atoms with Gasteiger partial charge in [0.25, 0.3) is 15.9 Å². The summed E-state index contributed by atoms with van der Waals surface area (Å²) in [5.74, 6) is -2.51. The zero-order valence-corrected chi connectivity index (χ0v) is 21.5. The summed E-state index contributed by atoms with van der Waals surface area (Å²) in [4.78, 5) is 12.2. The van der Waals surface area contributed by atoms with Gasteiger partial charge in [-0.15, -0.1) is 0 Å². The number of halogens is 3. The molecule has 3 aromatic carbocycles. The molecule has 0 fully saturated rings. The topological polar surface area (TPSA) is 128 Å². The van der Waals surface area contributed by atoms with Crippen LogP contribution in [-0.2, 0) is 17.1 Å². The molecule has 1 amide bonds. The van der Waals surface area contributed by atoms with Crippen molar-refractivity contribution in [2.45, 2.75) is 4.90 Å². The lowest BCUT2D eigenvalue weighted by atomic mass is 10.1. The van der Waals surface area contributed by atoms with Crippen LogP contribution in [0.4, 0.5) is 25.8 Å². The number of amides is 1. The number of nitrogens with two attached hydrogens (primary N) is 1. The van der Waals surface area contributed by atoms with E-state index in [1.54, 1.807) is 13.1 Å². The first-order valence-electron chi connectivity index (χ1n) is 10.2. The van der Waals surface area contributed by atoms with Crippen LogP contribution >= 0.6 is 22.6 Å². The highest BCUT2D eigenvalue weighted by Gasteiger charge is 2.20. The predicted octanol–water partition coefficient (Wildman–Crippen LogP) is 4.74. The Hall–Kier alpha value is -3.72. The zero-order chi connectivity index (χ0) is 26.0. The van der Waals surface area contributed by atoms with Crippen molar-refractivity contribution in [3.8, 4) is 11.5 Å². The first-order valence-corrected chi connectivity index (χ1v) is 12.7. The number of ether oxygens (including phenoxy) is 1. The van der Waals surface area contributed by atoms with Crippen molar-refractivity contribution in [3.05, 3.63) is 87.8 Å². The number of nitrogens with one attached hydrogen (secondary N) is 2. The second-order valence-electron chi connectivity index (χ2n) is 7.53. The van der Waals surface area contributed by atoms with Crippen molar-refractivity contribution in [1.82, 2.24) is 9.78 Å². The van der Waals surface area contributed by atoms with E-state index in [9.17, 15) is 22.0 Å². The number of anilines is 3. The third kappa shape index (κ3) is 5.73. The van der Waals surface area contributed by atoms with Gasteiger partial charge < -0.3 is 15.8 Å². The molecule has 13 heteroatoms. The summed E-state index contributed by atoms with van der Waals surface area (Å²) in [6.45, 7) is 0. The maximum Gasteiger partial charge on any atom is 0.265 e. The van der Waals surface area contributed by atoms with E-state index in [-0.39, 0.29) is 39.0 Å². The predicted molar refractivity (Wildman–Crippen MR) is 138 cm³/mol. The van der Waals surface area contributed by atoms with Gasteiger partial charge in [0.05, 0.1) is 23.3 Å². The number of carbonyl (C=O) groups excluding carboxylic acids is 1. The highest BCUT2D eigenvalue weighted by Crippen LogP contribution is 2.35. The van der Waals surface area contributed by atoms with Gasteiger partial charge in [0.1, 0.15) is 33.6 Å². The number of aryl methyl sites for hydroxylation is 1. The molecule has 0 aliphatic heterocycles. The van der Waals surface area contributed by atoms with Crippen molar-refractivity contribution in [2.75, 3.05) is 10.0 Å². The second-order valence-corrected chi connectivity index (χ2v) is 10.5. The molecule has 1 heterocycles. The lowest BCUT2D eigenvalue weighted by Gasteiger charge is -2.16. The summed E-state index contributed by atoms with van der Waals surface area (Å²) in [5, 5.41) is 6.52. The van der Waals surface area contributed by atoms with Crippen LogP contribution in [0.2, 0.25) is 0 Å². The maximum atomic E-state index is 14.5. The van der Waals surface area contributed by atoms with Gasteiger partial charge in [-0.3, -0.25) is 14.2 Å². The third-order valence-electron chi connectivity index (χ3n) is 4.82. The molecule has 4 rings (SSSR count). The number of hydrogen-bond donors (Lipinski definition) is 3. The number of sulfonamides is 1. The Bertz CT molecular complexity index is 1580. The number of rotatable bonds is 8. The molecule has 0 saturated carbocycles. The Morgan fingerprint density at radius 2 is 1.89 bits per heavy atom. The minimum absolute atomic E-state index is 0.00118. The molecule has 0 aliphatic carbocycles. The van der Waals surface area contributed by atoms with Crippen LogP contribution in [-0.4, -0.2) is 24.1 Å². The number of nitrogens with zero attached hydrogens (tertiary/aromatic N) is 2. The Morgan fingerprint density at radius 3 is 2.56 bits per heavy atom. The monoisotopic (exact) mass is 625 g/mol. The quantitative estimate of drug-likeness (QED) is 0.243. The van der Waals surface area contributed by atoms with Crippen LogP contribution in [0.5, 0.6) is 11.5 Å². The molecule has 0 spiro atoms. The van der Waals surface area contributed by atoms with Gasteiger partial charge in [-0.05, 0) is 59.0 Å². The molecule has 186 valence electrons. The fraction of sp³-hybridized carbons (Fsp3) is 0.0435. The molecule has 0 saturated heterocycles. The molecule has 0 radical (unpaired) electrons. The first-order chi connectivity index (χ1) is 17.0. The van der Waals surface area contributed by atoms with Crippen LogP contribution in [0, 0.1) is 15.2 Å². The fourth-order valence-electron chi connectivity index (χ4n) is 3.25. The number of aromatic nitrogens is 2. The van der Waals surface area contributed by atoms with E-state index in [0.717, 1.165) is 12.1 Å². The number of carbonyl (C=O) groups is 1. The van der Waals surface area contributed by atoms with E-state index in [1.807, 2.05) is 22.6 Å². The lowest BCUT2D eigenvalue weighted by molar-refractivity contribution is 0.0999. The van der Waals surface area contributed by atoms with Crippen molar-refractivity contribution < 1.29 is 26.7 Å². The molecule has 9 nitrogen and oxygen atoms in total. The van der Waals surface area contributed by atoms with E-state index < -0.39 is 27.6 Å². The molecule has 0 unspecified atom stereocenters. The van der Waals surface area contributed by atoms with Gasteiger partial charge in [0, 0.05) is 28.9 Å². The smallest absolute Gasteiger partial charge is 0.265 e. The van der Waals surface area contributed by atoms with Crippen molar-refractivity contribution in [2.24, 2.45) is 12.8 Å². The Morgan fingerprint density at radius 1 is 1.11 bits per heavy atom. The molecular formula is C23H18F2IN5O4S. The molecule has 4 aromatic rings. The molecule has 4 N–H and O–H groups in total. The minimum atomic E-state index is -3.93. The summed E-state index contributed by atoms with van der Waals surface area (Å²) < 4.78 is 64.1. The number of benzene rings is 3. The molecule has 36 heavy (non-hydrogen) atoms. The van der Waals surface area contributed by atoms with Crippen LogP contribution < -0.4 is 20.5 Å². The van der Waals surface area contributed by atoms with E-state index in [4.69, 9.17) is 10.5 Å². The van der Waals surface area contributed by atoms with Gasteiger partial charge >= 0.3 is 0 Å². The van der Waals surface area contributed by atoms with Crippen molar-refractivity contribution >= 4 is 55.6 Å². The van der Waals surface area contributed by atoms with Crippen LogP contribution in [0.15, 0.2) is 71.9 Å². The highest BCUT2D eigenvalue weighted by molar-refractivity contribution is 14.1. The van der Waals surface area contributed by atoms with Crippen LogP contribution in [0.25, 0.3) is 0 Å². The average Bonchev–Trinajstić information content (AvgIpc) is 3.22. The summed E-state index contributed by atoms with van der Waals surface area (Å²) in [6, 6.07) is 12.1.